The highest BCUT2D eigenvalue weighted by Gasteiger charge is 2.16. The maximum Gasteiger partial charge on any atom is 0.255 e. The number of anilines is 1. The minimum absolute atomic E-state index is 0.147. The molecular formula is C26H27NO5. The van der Waals surface area contributed by atoms with Crippen LogP contribution in [0, 0.1) is 0 Å². The smallest absolute Gasteiger partial charge is 0.255 e. The summed E-state index contributed by atoms with van der Waals surface area (Å²) in [4.78, 5) is 12.7. The van der Waals surface area contributed by atoms with Crippen LogP contribution in [0.25, 0.3) is 0 Å². The summed E-state index contributed by atoms with van der Waals surface area (Å²) in [5.74, 6) is 1.90. The van der Waals surface area contributed by atoms with E-state index in [2.05, 4.69) is 5.32 Å². The number of ether oxygens (including phenoxy) is 4. The lowest BCUT2D eigenvalue weighted by Gasteiger charge is -2.13. The Bertz CT molecular complexity index is 1000. The quantitative estimate of drug-likeness (QED) is 0.458. The van der Waals surface area contributed by atoms with Crippen LogP contribution in [-0.2, 0) is 4.74 Å². The molecule has 1 fully saturated rings. The van der Waals surface area contributed by atoms with Crippen molar-refractivity contribution in [3.8, 4) is 17.2 Å². The molecular weight excluding hydrogens is 406 g/mol. The molecule has 1 heterocycles. The molecule has 0 radical (unpaired) electrons. The van der Waals surface area contributed by atoms with Crippen molar-refractivity contribution in [2.24, 2.45) is 0 Å². The Morgan fingerprint density at radius 2 is 1.56 bits per heavy atom. The van der Waals surface area contributed by atoms with Crippen molar-refractivity contribution < 1.29 is 23.7 Å². The molecule has 166 valence electrons. The van der Waals surface area contributed by atoms with Gasteiger partial charge in [0, 0.05) is 23.9 Å². The number of hydrogen-bond acceptors (Lipinski definition) is 5. The van der Waals surface area contributed by atoms with Crippen molar-refractivity contribution in [3.63, 3.8) is 0 Å². The van der Waals surface area contributed by atoms with Gasteiger partial charge < -0.3 is 24.3 Å². The van der Waals surface area contributed by atoms with Gasteiger partial charge in [-0.15, -0.1) is 0 Å². The van der Waals surface area contributed by atoms with Gasteiger partial charge >= 0.3 is 0 Å². The normalized spacial score (nSPS) is 15.2. The van der Waals surface area contributed by atoms with Gasteiger partial charge in [-0.3, -0.25) is 4.79 Å². The molecule has 0 aromatic heterocycles. The van der Waals surface area contributed by atoms with E-state index >= 15 is 0 Å². The first kappa shape index (κ1) is 21.7. The van der Waals surface area contributed by atoms with Gasteiger partial charge in [0.25, 0.3) is 5.91 Å². The van der Waals surface area contributed by atoms with E-state index in [0.717, 1.165) is 25.2 Å². The van der Waals surface area contributed by atoms with Crippen molar-refractivity contribution in [3.05, 3.63) is 84.4 Å². The van der Waals surface area contributed by atoms with Gasteiger partial charge in [-0.05, 0) is 55.3 Å². The summed E-state index contributed by atoms with van der Waals surface area (Å²) in [5.41, 5.74) is 1.18. The molecule has 0 spiro atoms. The van der Waals surface area contributed by atoms with Crippen molar-refractivity contribution in [2.45, 2.75) is 18.9 Å². The van der Waals surface area contributed by atoms with Crippen LogP contribution in [0.3, 0.4) is 0 Å². The monoisotopic (exact) mass is 433 g/mol. The summed E-state index contributed by atoms with van der Waals surface area (Å²) in [5, 5.41) is 2.91. The van der Waals surface area contributed by atoms with Crippen LogP contribution in [0.4, 0.5) is 5.69 Å². The fraction of sp³-hybridized carbons (Fsp3) is 0.269. The molecule has 4 rings (SSSR count). The third kappa shape index (κ3) is 6.49. The fourth-order valence-electron chi connectivity index (χ4n) is 3.39. The van der Waals surface area contributed by atoms with E-state index in [1.807, 2.05) is 60.7 Å². The maximum atomic E-state index is 12.7. The van der Waals surface area contributed by atoms with E-state index in [4.69, 9.17) is 18.9 Å². The number of nitrogens with one attached hydrogen (secondary N) is 1. The second kappa shape index (κ2) is 11.2. The van der Waals surface area contributed by atoms with Crippen LogP contribution in [0.1, 0.15) is 23.2 Å². The SMILES string of the molecule is O=C(Nc1cccc(OCC2CCCO2)c1)c1cccc(OCCOc2ccccc2)c1. The molecule has 0 saturated carbocycles. The zero-order chi connectivity index (χ0) is 22.0. The Morgan fingerprint density at radius 1 is 0.844 bits per heavy atom. The molecule has 1 amide bonds. The molecule has 1 aliphatic rings. The highest BCUT2D eigenvalue weighted by molar-refractivity contribution is 6.04. The van der Waals surface area contributed by atoms with Gasteiger partial charge in [-0.25, -0.2) is 0 Å². The van der Waals surface area contributed by atoms with Gasteiger partial charge in [0.1, 0.15) is 37.1 Å². The average Bonchev–Trinajstić information content (AvgIpc) is 3.35. The molecule has 3 aromatic rings. The lowest BCUT2D eigenvalue weighted by atomic mass is 10.2. The first-order chi connectivity index (χ1) is 15.8. The topological polar surface area (TPSA) is 66.0 Å². The molecule has 32 heavy (non-hydrogen) atoms. The average molecular weight is 434 g/mol. The molecule has 0 bridgehead atoms. The van der Waals surface area contributed by atoms with Crippen LogP contribution < -0.4 is 19.5 Å². The Kier molecular flexibility index (Phi) is 7.60. The predicted octanol–water partition coefficient (Wildman–Crippen LogP) is 4.95. The van der Waals surface area contributed by atoms with E-state index < -0.39 is 0 Å². The summed E-state index contributed by atoms with van der Waals surface area (Å²) in [7, 11) is 0. The Balaban J connectivity index is 1.27. The number of rotatable bonds is 10. The van der Waals surface area contributed by atoms with Gasteiger partial charge in [-0.2, -0.15) is 0 Å². The third-order valence-electron chi connectivity index (χ3n) is 5.01. The third-order valence-corrected chi connectivity index (χ3v) is 5.01. The lowest BCUT2D eigenvalue weighted by Crippen LogP contribution is -2.16. The Morgan fingerprint density at radius 3 is 2.34 bits per heavy atom. The molecule has 6 nitrogen and oxygen atoms in total. The summed E-state index contributed by atoms with van der Waals surface area (Å²) in [6, 6.07) is 24.0. The molecule has 1 unspecified atom stereocenters. The number of amides is 1. The van der Waals surface area contributed by atoms with Crippen LogP contribution in [-0.4, -0.2) is 38.4 Å². The summed E-state index contributed by atoms with van der Waals surface area (Å²) in [6.07, 6.45) is 2.24. The Labute approximate surface area is 188 Å². The van der Waals surface area contributed by atoms with Crippen molar-refractivity contribution in [1.82, 2.24) is 0 Å². The van der Waals surface area contributed by atoms with Gasteiger partial charge in [-0.1, -0.05) is 30.3 Å². The van der Waals surface area contributed by atoms with Crippen LogP contribution in [0.5, 0.6) is 17.2 Å². The molecule has 1 N–H and O–H groups in total. The largest absolute Gasteiger partial charge is 0.491 e. The number of carbonyl (C=O) groups is 1. The van der Waals surface area contributed by atoms with Crippen molar-refractivity contribution in [1.29, 1.82) is 0 Å². The van der Waals surface area contributed by atoms with Gasteiger partial charge in [0.05, 0.1) is 6.10 Å². The second-order valence-electron chi connectivity index (χ2n) is 7.47. The first-order valence-electron chi connectivity index (χ1n) is 10.8. The molecule has 3 aromatic carbocycles. The molecule has 0 aliphatic carbocycles. The van der Waals surface area contributed by atoms with Gasteiger partial charge in [0.15, 0.2) is 0 Å². The van der Waals surface area contributed by atoms with E-state index in [0.29, 0.717) is 42.6 Å². The molecule has 6 heteroatoms. The summed E-state index contributed by atoms with van der Waals surface area (Å²) < 4.78 is 22.8. The molecule has 1 saturated heterocycles. The maximum absolute atomic E-state index is 12.7. The minimum atomic E-state index is -0.215. The molecule has 1 atom stereocenters. The first-order valence-corrected chi connectivity index (χ1v) is 10.8. The highest BCUT2D eigenvalue weighted by Crippen LogP contribution is 2.21. The standard InChI is InChI=1S/C26H27NO5/c28-26(27-21-8-5-12-24(18-21)32-19-25-13-6-14-29-25)20-7-4-11-23(17-20)31-16-15-30-22-9-2-1-3-10-22/h1-5,7-12,17-18,25H,6,13-16,19H2,(H,27,28). The van der Waals surface area contributed by atoms with E-state index in [1.54, 1.807) is 18.2 Å². The number of benzene rings is 3. The van der Waals surface area contributed by atoms with Crippen molar-refractivity contribution in [2.75, 3.05) is 31.7 Å². The number of carbonyl (C=O) groups excluding carboxylic acids is 1. The van der Waals surface area contributed by atoms with E-state index in [-0.39, 0.29) is 12.0 Å². The van der Waals surface area contributed by atoms with Crippen LogP contribution in [0.2, 0.25) is 0 Å². The van der Waals surface area contributed by atoms with E-state index in [1.165, 1.54) is 0 Å². The summed E-state index contributed by atoms with van der Waals surface area (Å²) in [6.45, 7) is 2.11. The predicted molar refractivity (Wildman–Crippen MR) is 123 cm³/mol. The number of hydrogen-bond donors (Lipinski definition) is 1. The van der Waals surface area contributed by atoms with Crippen molar-refractivity contribution >= 4 is 11.6 Å². The van der Waals surface area contributed by atoms with Crippen LogP contribution in [0.15, 0.2) is 78.9 Å². The summed E-state index contributed by atoms with van der Waals surface area (Å²) >= 11 is 0. The lowest BCUT2D eigenvalue weighted by molar-refractivity contribution is 0.0680. The fourth-order valence-corrected chi connectivity index (χ4v) is 3.39. The minimum Gasteiger partial charge on any atom is -0.491 e. The highest BCUT2D eigenvalue weighted by atomic mass is 16.5. The zero-order valence-corrected chi connectivity index (χ0v) is 17.9. The van der Waals surface area contributed by atoms with E-state index in [9.17, 15) is 4.79 Å². The zero-order valence-electron chi connectivity index (χ0n) is 17.9. The number of para-hydroxylation sites is 1. The van der Waals surface area contributed by atoms with Gasteiger partial charge in [0.2, 0.25) is 0 Å². The Hall–Kier alpha value is -3.51. The second-order valence-corrected chi connectivity index (χ2v) is 7.47. The molecule has 1 aliphatic heterocycles. The van der Waals surface area contributed by atoms with Crippen LogP contribution >= 0.6 is 0 Å².